The van der Waals surface area contributed by atoms with Gasteiger partial charge in [-0.05, 0) is 29.7 Å². The molecule has 2 aromatic carbocycles. The first kappa shape index (κ1) is 12.6. The van der Waals surface area contributed by atoms with E-state index in [-0.39, 0.29) is 0 Å². The van der Waals surface area contributed by atoms with E-state index in [0.29, 0.717) is 5.69 Å². The number of anilines is 1. The molecule has 0 amide bonds. The van der Waals surface area contributed by atoms with Crippen molar-refractivity contribution in [3.05, 3.63) is 54.1 Å². The van der Waals surface area contributed by atoms with Crippen LogP contribution in [0.5, 0.6) is 0 Å². The second-order valence-electron chi connectivity index (χ2n) is 4.22. The summed E-state index contributed by atoms with van der Waals surface area (Å²) in [6.45, 7) is 1.91. The van der Waals surface area contributed by atoms with Crippen LogP contribution < -0.4 is 4.72 Å². The summed E-state index contributed by atoms with van der Waals surface area (Å²) in [6, 6.07) is 15.5. The van der Waals surface area contributed by atoms with Crippen molar-refractivity contribution >= 4 is 15.7 Å². The van der Waals surface area contributed by atoms with E-state index < -0.39 is 10.0 Å². The average Bonchev–Trinajstić information content (AvgIpc) is 2.31. The molecular formula is C14H15NO2S. The summed E-state index contributed by atoms with van der Waals surface area (Å²) in [7, 11) is -3.25. The Morgan fingerprint density at radius 1 is 0.944 bits per heavy atom. The Morgan fingerprint density at radius 2 is 1.61 bits per heavy atom. The highest BCUT2D eigenvalue weighted by molar-refractivity contribution is 7.92. The molecule has 0 radical (unpaired) electrons. The minimum atomic E-state index is -3.25. The Morgan fingerprint density at radius 3 is 2.22 bits per heavy atom. The maximum absolute atomic E-state index is 11.3. The van der Waals surface area contributed by atoms with Crippen LogP contribution in [0, 0.1) is 6.92 Å². The van der Waals surface area contributed by atoms with E-state index >= 15 is 0 Å². The lowest BCUT2D eigenvalue weighted by Gasteiger charge is -2.12. The Balaban J connectivity index is 2.49. The Kier molecular flexibility index (Phi) is 3.39. The molecule has 0 heterocycles. The third-order valence-electron chi connectivity index (χ3n) is 2.71. The summed E-state index contributed by atoms with van der Waals surface area (Å²) >= 11 is 0. The van der Waals surface area contributed by atoms with Crippen LogP contribution in [0.3, 0.4) is 0 Å². The minimum Gasteiger partial charge on any atom is -0.283 e. The highest BCUT2D eigenvalue weighted by atomic mass is 32.2. The van der Waals surface area contributed by atoms with Crippen molar-refractivity contribution in [2.45, 2.75) is 6.92 Å². The van der Waals surface area contributed by atoms with Crippen LogP contribution in [-0.2, 0) is 10.0 Å². The summed E-state index contributed by atoms with van der Waals surface area (Å²) < 4.78 is 25.1. The fraction of sp³-hybridized carbons (Fsp3) is 0.143. The van der Waals surface area contributed by atoms with E-state index in [1.54, 1.807) is 6.07 Å². The maximum Gasteiger partial charge on any atom is 0.229 e. The quantitative estimate of drug-likeness (QED) is 0.923. The molecule has 0 saturated carbocycles. The first-order chi connectivity index (χ1) is 8.47. The van der Waals surface area contributed by atoms with Crippen molar-refractivity contribution in [2.75, 3.05) is 11.0 Å². The minimum absolute atomic E-state index is 0.624. The van der Waals surface area contributed by atoms with E-state index in [4.69, 9.17) is 0 Å². The molecule has 0 aliphatic rings. The van der Waals surface area contributed by atoms with Crippen LogP contribution >= 0.6 is 0 Å². The summed E-state index contributed by atoms with van der Waals surface area (Å²) in [4.78, 5) is 0. The molecule has 94 valence electrons. The zero-order chi connectivity index (χ0) is 13.2. The van der Waals surface area contributed by atoms with Gasteiger partial charge in [0, 0.05) is 0 Å². The largest absolute Gasteiger partial charge is 0.283 e. The molecule has 0 atom stereocenters. The molecule has 0 aliphatic heterocycles. The molecule has 0 spiro atoms. The van der Waals surface area contributed by atoms with Crippen LogP contribution in [-0.4, -0.2) is 14.7 Å². The van der Waals surface area contributed by atoms with Crippen molar-refractivity contribution < 1.29 is 8.42 Å². The second kappa shape index (κ2) is 4.82. The third-order valence-corrected chi connectivity index (χ3v) is 3.30. The second-order valence-corrected chi connectivity index (χ2v) is 5.97. The summed E-state index contributed by atoms with van der Waals surface area (Å²) in [5, 5.41) is 0. The van der Waals surface area contributed by atoms with Gasteiger partial charge in [0.2, 0.25) is 10.0 Å². The fourth-order valence-corrected chi connectivity index (χ4v) is 2.50. The molecule has 4 heteroatoms. The van der Waals surface area contributed by atoms with E-state index in [1.807, 2.05) is 49.4 Å². The van der Waals surface area contributed by atoms with Gasteiger partial charge in [0.1, 0.15) is 0 Å². The zero-order valence-corrected chi connectivity index (χ0v) is 11.2. The van der Waals surface area contributed by atoms with Crippen molar-refractivity contribution in [2.24, 2.45) is 0 Å². The molecule has 1 N–H and O–H groups in total. The van der Waals surface area contributed by atoms with Gasteiger partial charge >= 0.3 is 0 Å². The van der Waals surface area contributed by atoms with Crippen LogP contribution in [0.2, 0.25) is 0 Å². The highest BCUT2D eigenvalue weighted by Crippen LogP contribution is 2.28. The van der Waals surface area contributed by atoms with Gasteiger partial charge in [-0.25, -0.2) is 8.42 Å². The Bertz CT molecular complexity index is 649. The van der Waals surface area contributed by atoms with Crippen molar-refractivity contribution in [3.63, 3.8) is 0 Å². The lowest BCUT2D eigenvalue weighted by molar-refractivity contribution is 0.607. The number of hydrogen-bond donors (Lipinski definition) is 1. The first-order valence-electron chi connectivity index (χ1n) is 5.60. The van der Waals surface area contributed by atoms with Crippen molar-refractivity contribution in [1.29, 1.82) is 0 Å². The van der Waals surface area contributed by atoms with Gasteiger partial charge in [0.25, 0.3) is 0 Å². The standard InChI is InChI=1S/C14H15NO2S/c1-11-13(12-7-4-3-5-8-12)9-6-10-14(11)15-18(2,16)17/h3-10,15H,1-2H3. The number of rotatable bonds is 3. The normalized spacial score (nSPS) is 11.2. The van der Waals surface area contributed by atoms with Crippen molar-refractivity contribution in [1.82, 2.24) is 0 Å². The van der Waals surface area contributed by atoms with E-state index in [2.05, 4.69) is 4.72 Å². The van der Waals surface area contributed by atoms with Crippen LogP contribution in [0.4, 0.5) is 5.69 Å². The predicted octanol–water partition coefficient (Wildman–Crippen LogP) is 3.03. The molecule has 18 heavy (non-hydrogen) atoms. The predicted molar refractivity (Wildman–Crippen MR) is 75.1 cm³/mol. The molecule has 0 saturated heterocycles. The van der Waals surface area contributed by atoms with Crippen LogP contribution in [0.1, 0.15) is 5.56 Å². The average molecular weight is 261 g/mol. The van der Waals surface area contributed by atoms with Crippen LogP contribution in [0.25, 0.3) is 11.1 Å². The molecule has 3 nitrogen and oxygen atoms in total. The summed E-state index contributed by atoms with van der Waals surface area (Å²) in [6.07, 6.45) is 1.15. The van der Waals surface area contributed by atoms with Gasteiger partial charge in [-0.1, -0.05) is 42.5 Å². The van der Waals surface area contributed by atoms with Crippen molar-refractivity contribution in [3.8, 4) is 11.1 Å². The fourth-order valence-electron chi connectivity index (χ4n) is 1.88. The number of hydrogen-bond acceptors (Lipinski definition) is 2. The zero-order valence-electron chi connectivity index (χ0n) is 10.3. The summed E-state index contributed by atoms with van der Waals surface area (Å²) in [5.74, 6) is 0. The van der Waals surface area contributed by atoms with Gasteiger partial charge < -0.3 is 0 Å². The Labute approximate surface area is 108 Å². The molecule has 0 bridgehead atoms. The number of nitrogens with one attached hydrogen (secondary N) is 1. The molecule has 0 aliphatic carbocycles. The van der Waals surface area contributed by atoms with Gasteiger partial charge in [0.15, 0.2) is 0 Å². The summed E-state index contributed by atoms with van der Waals surface area (Å²) in [5.41, 5.74) is 3.66. The van der Waals surface area contributed by atoms with E-state index in [0.717, 1.165) is 22.9 Å². The Hall–Kier alpha value is -1.81. The lowest BCUT2D eigenvalue weighted by Crippen LogP contribution is -2.10. The van der Waals surface area contributed by atoms with E-state index in [1.165, 1.54) is 0 Å². The molecule has 2 aromatic rings. The SMILES string of the molecule is Cc1c(NS(C)(=O)=O)cccc1-c1ccccc1. The van der Waals surface area contributed by atoms with Gasteiger partial charge in [-0.15, -0.1) is 0 Å². The number of sulfonamides is 1. The van der Waals surface area contributed by atoms with Gasteiger partial charge in [0.05, 0.1) is 11.9 Å². The third kappa shape index (κ3) is 2.90. The van der Waals surface area contributed by atoms with Gasteiger partial charge in [-0.3, -0.25) is 4.72 Å². The molecule has 2 rings (SSSR count). The molecule has 0 unspecified atom stereocenters. The highest BCUT2D eigenvalue weighted by Gasteiger charge is 2.08. The smallest absolute Gasteiger partial charge is 0.229 e. The molecule has 0 fully saturated rings. The molecule has 0 aromatic heterocycles. The van der Waals surface area contributed by atoms with Crippen LogP contribution in [0.15, 0.2) is 48.5 Å². The first-order valence-corrected chi connectivity index (χ1v) is 7.49. The van der Waals surface area contributed by atoms with E-state index in [9.17, 15) is 8.42 Å². The maximum atomic E-state index is 11.3. The molecular weight excluding hydrogens is 246 g/mol. The monoisotopic (exact) mass is 261 g/mol. The lowest BCUT2D eigenvalue weighted by atomic mass is 10.00. The number of benzene rings is 2. The van der Waals surface area contributed by atoms with Gasteiger partial charge in [-0.2, -0.15) is 0 Å². The topological polar surface area (TPSA) is 46.2 Å².